The van der Waals surface area contributed by atoms with Gasteiger partial charge in [-0.2, -0.15) is 0 Å². The fourth-order valence-corrected chi connectivity index (χ4v) is 3.92. The van der Waals surface area contributed by atoms with Crippen molar-refractivity contribution < 1.29 is 9.69 Å². The number of likely N-dealkylation sites (tertiary alicyclic amines) is 1. The van der Waals surface area contributed by atoms with E-state index in [-0.39, 0.29) is 5.91 Å². The summed E-state index contributed by atoms with van der Waals surface area (Å²) in [6.45, 7) is 1.50. The number of rotatable bonds is 4. The Kier molecular flexibility index (Phi) is 4.53. The number of carbonyl (C=O) groups excluding carboxylic acids is 1. The number of hydrogen-bond donors (Lipinski definition) is 2. The van der Waals surface area contributed by atoms with E-state index in [0.717, 1.165) is 13.0 Å². The quantitative estimate of drug-likeness (QED) is 0.847. The van der Waals surface area contributed by atoms with Crippen LogP contribution in [0.2, 0.25) is 5.15 Å². The van der Waals surface area contributed by atoms with E-state index >= 15 is 0 Å². The summed E-state index contributed by atoms with van der Waals surface area (Å²) < 4.78 is 0. The van der Waals surface area contributed by atoms with Crippen LogP contribution in [0.4, 0.5) is 5.69 Å². The largest absolute Gasteiger partial charge is 0.320 e. The Balaban J connectivity index is 1.63. The Morgan fingerprint density at radius 3 is 3.14 bits per heavy atom. The van der Waals surface area contributed by atoms with Gasteiger partial charge in [-0.3, -0.25) is 4.79 Å². The summed E-state index contributed by atoms with van der Waals surface area (Å²) in [6.07, 6.45) is 3.92. The standard InChI is InChI=1S/C15H16ClN3OS/c16-15-11(4-1-7-17-15)18-14(20)10-19-8-2-5-12(19)13-6-3-9-21-13/h1,3-4,6-7,9,12H,2,5,8,10H2,(H,18,20)/p+1/t12-/m0/s1. The summed E-state index contributed by atoms with van der Waals surface area (Å²) in [5.41, 5.74) is 0.579. The SMILES string of the molecule is O=C(C[NH+]1CCC[C@H]1c1cccs1)Nc1cccnc1Cl. The maximum Gasteiger partial charge on any atom is 0.279 e. The second-order valence-corrected chi connectivity index (χ2v) is 6.52. The van der Waals surface area contributed by atoms with Crippen LogP contribution < -0.4 is 10.2 Å². The fraction of sp³-hybridized carbons (Fsp3) is 0.333. The molecule has 1 aliphatic heterocycles. The van der Waals surface area contributed by atoms with Crippen LogP contribution in [0.3, 0.4) is 0 Å². The predicted octanol–water partition coefficient (Wildman–Crippen LogP) is 2.15. The van der Waals surface area contributed by atoms with Crippen LogP contribution in [0, 0.1) is 0 Å². The number of amides is 1. The van der Waals surface area contributed by atoms with Crippen molar-refractivity contribution in [1.29, 1.82) is 0 Å². The second-order valence-electron chi connectivity index (χ2n) is 5.19. The summed E-state index contributed by atoms with van der Waals surface area (Å²) in [5.74, 6) is -0.0108. The van der Waals surface area contributed by atoms with Crippen molar-refractivity contribution in [3.8, 4) is 0 Å². The third-order valence-electron chi connectivity index (χ3n) is 3.79. The normalized spacial score (nSPS) is 21.4. The van der Waals surface area contributed by atoms with Crippen LogP contribution in [0.25, 0.3) is 0 Å². The van der Waals surface area contributed by atoms with Crippen LogP contribution in [-0.4, -0.2) is 24.0 Å². The minimum atomic E-state index is -0.0108. The van der Waals surface area contributed by atoms with Crippen molar-refractivity contribution in [2.75, 3.05) is 18.4 Å². The Bertz CT molecular complexity index is 617. The van der Waals surface area contributed by atoms with Gasteiger partial charge < -0.3 is 10.2 Å². The molecule has 2 aromatic heterocycles. The fourth-order valence-electron chi connectivity index (χ4n) is 2.84. The third kappa shape index (κ3) is 3.43. The molecule has 4 nitrogen and oxygen atoms in total. The number of quaternary nitrogens is 1. The van der Waals surface area contributed by atoms with Gasteiger partial charge in [0.15, 0.2) is 11.7 Å². The molecule has 1 unspecified atom stereocenters. The van der Waals surface area contributed by atoms with E-state index in [1.807, 2.05) is 0 Å². The number of aromatic nitrogens is 1. The lowest BCUT2D eigenvalue weighted by atomic mass is 10.2. The van der Waals surface area contributed by atoms with Crippen molar-refractivity contribution in [1.82, 2.24) is 4.98 Å². The number of anilines is 1. The molecule has 1 amide bonds. The van der Waals surface area contributed by atoms with Crippen LogP contribution in [-0.2, 0) is 4.79 Å². The molecule has 0 saturated carbocycles. The van der Waals surface area contributed by atoms with E-state index in [0.29, 0.717) is 23.4 Å². The predicted molar refractivity (Wildman–Crippen MR) is 84.9 cm³/mol. The van der Waals surface area contributed by atoms with Gasteiger partial charge in [-0.15, -0.1) is 11.3 Å². The summed E-state index contributed by atoms with van der Waals surface area (Å²) in [6, 6.07) is 8.21. The van der Waals surface area contributed by atoms with E-state index < -0.39 is 0 Å². The summed E-state index contributed by atoms with van der Waals surface area (Å²) in [4.78, 5) is 18.9. The molecule has 1 saturated heterocycles. The average Bonchev–Trinajstić information content (AvgIpc) is 3.11. The number of pyridine rings is 1. The molecule has 1 aliphatic rings. The number of nitrogens with zero attached hydrogens (tertiary/aromatic N) is 1. The van der Waals surface area contributed by atoms with Gasteiger partial charge >= 0.3 is 0 Å². The Hall–Kier alpha value is -1.43. The average molecular weight is 323 g/mol. The number of nitrogens with one attached hydrogen (secondary N) is 2. The monoisotopic (exact) mass is 322 g/mol. The lowest BCUT2D eigenvalue weighted by Crippen LogP contribution is -3.11. The number of carbonyl (C=O) groups is 1. The van der Waals surface area contributed by atoms with Crippen LogP contribution in [0.5, 0.6) is 0 Å². The lowest BCUT2D eigenvalue weighted by molar-refractivity contribution is -0.910. The molecule has 110 valence electrons. The zero-order valence-electron chi connectivity index (χ0n) is 11.5. The van der Waals surface area contributed by atoms with Gasteiger partial charge in [0.25, 0.3) is 5.91 Å². The molecule has 2 N–H and O–H groups in total. The van der Waals surface area contributed by atoms with Crippen LogP contribution in [0.15, 0.2) is 35.8 Å². The van der Waals surface area contributed by atoms with E-state index in [4.69, 9.17) is 11.6 Å². The molecule has 21 heavy (non-hydrogen) atoms. The first-order valence-electron chi connectivity index (χ1n) is 7.02. The van der Waals surface area contributed by atoms with Crippen LogP contribution in [0.1, 0.15) is 23.8 Å². The number of halogens is 1. The third-order valence-corrected chi connectivity index (χ3v) is 5.08. The molecule has 2 atom stereocenters. The second kappa shape index (κ2) is 6.56. The molecule has 3 rings (SSSR count). The van der Waals surface area contributed by atoms with Crippen molar-refractivity contribution in [2.45, 2.75) is 18.9 Å². The van der Waals surface area contributed by atoms with E-state index in [9.17, 15) is 4.79 Å². The maximum absolute atomic E-state index is 12.2. The van der Waals surface area contributed by atoms with Crippen molar-refractivity contribution in [3.05, 3.63) is 45.9 Å². The minimum absolute atomic E-state index is 0.0108. The highest BCUT2D eigenvalue weighted by Crippen LogP contribution is 2.23. The van der Waals surface area contributed by atoms with E-state index in [1.165, 1.54) is 16.2 Å². The highest BCUT2D eigenvalue weighted by molar-refractivity contribution is 7.10. The van der Waals surface area contributed by atoms with Gasteiger partial charge in [-0.1, -0.05) is 17.7 Å². The number of hydrogen-bond acceptors (Lipinski definition) is 3. The smallest absolute Gasteiger partial charge is 0.279 e. The molecule has 3 heterocycles. The Labute approximate surface area is 132 Å². The maximum atomic E-state index is 12.2. The minimum Gasteiger partial charge on any atom is -0.320 e. The molecular formula is C15H17ClN3OS+. The Morgan fingerprint density at radius 1 is 1.48 bits per heavy atom. The van der Waals surface area contributed by atoms with Gasteiger partial charge in [-0.25, -0.2) is 4.98 Å². The highest BCUT2D eigenvalue weighted by Gasteiger charge is 2.32. The molecular weight excluding hydrogens is 306 g/mol. The lowest BCUT2D eigenvalue weighted by Gasteiger charge is -2.20. The van der Waals surface area contributed by atoms with Gasteiger partial charge in [0.1, 0.15) is 6.04 Å². The topological polar surface area (TPSA) is 46.4 Å². The van der Waals surface area contributed by atoms with E-state index in [1.54, 1.807) is 29.7 Å². The molecule has 6 heteroatoms. The van der Waals surface area contributed by atoms with Crippen molar-refractivity contribution >= 4 is 34.5 Å². The molecule has 2 aromatic rings. The van der Waals surface area contributed by atoms with Gasteiger partial charge in [0, 0.05) is 19.0 Å². The van der Waals surface area contributed by atoms with Crippen molar-refractivity contribution in [2.24, 2.45) is 0 Å². The van der Waals surface area contributed by atoms with Gasteiger partial charge in [0.05, 0.1) is 17.1 Å². The first kappa shape index (κ1) is 14.5. The van der Waals surface area contributed by atoms with Crippen LogP contribution >= 0.6 is 22.9 Å². The molecule has 0 aliphatic carbocycles. The van der Waals surface area contributed by atoms with E-state index in [2.05, 4.69) is 27.8 Å². The van der Waals surface area contributed by atoms with Gasteiger partial charge in [-0.05, 0) is 23.6 Å². The first-order valence-corrected chi connectivity index (χ1v) is 8.28. The van der Waals surface area contributed by atoms with Crippen molar-refractivity contribution in [3.63, 3.8) is 0 Å². The molecule has 0 spiro atoms. The molecule has 0 aromatic carbocycles. The summed E-state index contributed by atoms with van der Waals surface area (Å²) in [7, 11) is 0. The first-order chi connectivity index (χ1) is 10.2. The zero-order valence-corrected chi connectivity index (χ0v) is 13.1. The molecule has 1 fully saturated rings. The summed E-state index contributed by atoms with van der Waals surface area (Å²) >= 11 is 7.74. The zero-order chi connectivity index (χ0) is 14.7. The Morgan fingerprint density at radius 2 is 2.38 bits per heavy atom. The molecule has 0 radical (unpaired) electrons. The number of thiophene rings is 1. The van der Waals surface area contributed by atoms with Gasteiger partial charge in [0.2, 0.25) is 0 Å². The summed E-state index contributed by atoms with van der Waals surface area (Å²) in [5, 5.41) is 5.28. The highest BCUT2D eigenvalue weighted by atomic mass is 35.5. The molecule has 0 bridgehead atoms.